The Balaban J connectivity index is 1.33. The van der Waals surface area contributed by atoms with Crippen molar-refractivity contribution in [3.8, 4) is 0 Å². The third-order valence-electron chi connectivity index (χ3n) is 5.21. The zero-order valence-corrected chi connectivity index (χ0v) is 15.0. The van der Waals surface area contributed by atoms with Crippen LogP contribution in [0, 0.1) is 5.92 Å². The number of para-hydroxylation sites is 1. The molecule has 2 aliphatic heterocycles. The van der Waals surface area contributed by atoms with Gasteiger partial charge >= 0.3 is 0 Å². The van der Waals surface area contributed by atoms with Gasteiger partial charge in [0.2, 0.25) is 11.9 Å². The van der Waals surface area contributed by atoms with Crippen LogP contribution in [0.4, 0.5) is 11.6 Å². The number of benzene rings is 1. The van der Waals surface area contributed by atoms with E-state index in [4.69, 9.17) is 0 Å². The van der Waals surface area contributed by atoms with Crippen LogP contribution in [0.2, 0.25) is 0 Å². The van der Waals surface area contributed by atoms with E-state index in [1.54, 1.807) is 12.4 Å². The van der Waals surface area contributed by atoms with Gasteiger partial charge in [-0.2, -0.15) is 0 Å². The molecule has 0 radical (unpaired) electrons. The Hall–Kier alpha value is -2.47. The highest BCUT2D eigenvalue weighted by molar-refractivity contribution is 5.95. The lowest BCUT2D eigenvalue weighted by Crippen LogP contribution is -2.35. The third-order valence-corrected chi connectivity index (χ3v) is 5.21. The van der Waals surface area contributed by atoms with Gasteiger partial charge in [0, 0.05) is 57.2 Å². The van der Waals surface area contributed by atoms with Crippen molar-refractivity contribution in [2.24, 2.45) is 5.92 Å². The highest BCUT2D eigenvalue weighted by Crippen LogP contribution is 2.25. The van der Waals surface area contributed by atoms with Gasteiger partial charge in [0.25, 0.3) is 0 Å². The lowest BCUT2D eigenvalue weighted by molar-refractivity contribution is -0.117. The fourth-order valence-electron chi connectivity index (χ4n) is 3.93. The molecule has 1 aromatic heterocycles. The molecule has 3 heterocycles. The Morgan fingerprint density at radius 1 is 0.962 bits per heavy atom. The van der Waals surface area contributed by atoms with Crippen LogP contribution >= 0.6 is 0 Å². The van der Waals surface area contributed by atoms with E-state index < -0.39 is 0 Å². The van der Waals surface area contributed by atoms with Crippen LogP contribution in [0.3, 0.4) is 0 Å². The molecule has 2 saturated heterocycles. The second-order valence-electron chi connectivity index (χ2n) is 7.10. The van der Waals surface area contributed by atoms with Crippen molar-refractivity contribution in [3.05, 3.63) is 48.8 Å². The Labute approximate surface area is 154 Å². The van der Waals surface area contributed by atoms with E-state index in [0.29, 0.717) is 12.3 Å². The number of hydrogen-bond donors (Lipinski definition) is 0. The van der Waals surface area contributed by atoms with Crippen molar-refractivity contribution in [2.45, 2.75) is 12.8 Å². The summed E-state index contributed by atoms with van der Waals surface area (Å²) in [4.78, 5) is 27.8. The second kappa shape index (κ2) is 7.83. The molecular weight excluding hydrogens is 326 g/mol. The van der Waals surface area contributed by atoms with Gasteiger partial charge in [0.15, 0.2) is 0 Å². The van der Waals surface area contributed by atoms with Crippen molar-refractivity contribution in [1.29, 1.82) is 0 Å². The third kappa shape index (κ3) is 3.85. The molecule has 6 heteroatoms. The van der Waals surface area contributed by atoms with Crippen LogP contribution in [0.1, 0.15) is 12.8 Å². The van der Waals surface area contributed by atoms with Gasteiger partial charge in [-0.25, -0.2) is 9.97 Å². The van der Waals surface area contributed by atoms with Gasteiger partial charge < -0.3 is 14.7 Å². The Bertz CT molecular complexity index is 723. The summed E-state index contributed by atoms with van der Waals surface area (Å²) < 4.78 is 0. The highest BCUT2D eigenvalue weighted by Gasteiger charge is 2.32. The van der Waals surface area contributed by atoms with Crippen molar-refractivity contribution in [2.75, 3.05) is 49.1 Å². The number of nitrogens with zero attached hydrogens (tertiary/aromatic N) is 5. The molecule has 0 unspecified atom stereocenters. The highest BCUT2D eigenvalue weighted by atomic mass is 16.2. The predicted molar refractivity (Wildman–Crippen MR) is 102 cm³/mol. The molecule has 4 rings (SSSR count). The van der Waals surface area contributed by atoms with Crippen LogP contribution < -0.4 is 9.80 Å². The fourth-order valence-corrected chi connectivity index (χ4v) is 3.93. The maximum atomic E-state index is 12.4. The molecule has 6 nitrogen and oxygen atoms in total. The first kappa shape index (κ1) is 17.0. The van der Waals surface area contributed by atoms with E-state index in [-0.39, 0.29) is 5.91 Å². The molecule has 0 spiro atoms. The molecule has 1 aromatic carbocycles. The van der Waals surface area contributed by atoms with Gasteiger partial charge in [0.1, 0.15) is 0 Å². The zero-order chi connectivity index (χ0) is 17.8. The summed E-state index contributed by atoms with van der Waals surface area (Å²) in [6, 6.07) is 11.9. The molecule has 136 valence electrons. The van der Waals surface area contributed by atoms with E-state index in [9.17, 15) is 4.79 Å². The Morgan fingerprint density at radius 2 is 1.77 bits per heavy atom. The minimum Gasteiger partial charge on any atom is -0.339 e. The SMILES string of the molecule is O=C1C[C@@H](CN2CCCN(c3ncccn3)CC2)CN1c1ccccc1. The smallest absolute Gasteiger partial charge is 0.227 e. The van der Waals surface area contributed by atoms with Crippen LogP contribution in [0.25, 0.3) is 0 Å². The number of anilines is 2. The number of carbonyl (C=O) groups excluding carboxylic acids is 1. The molecule has 2 fully saturated rings. The van der Waals surface area contributed by atoms with Gasteiger partial charge in [0.05, 0.1) is 0 Å². The van der Waals surface area contributed by atoms with Crippen molar-refractivity contribution >= 4 is 17.5 Å². The number of carbonyl (C=O) groups is 1. The van der Waals surface area contributed by atoms with Gasteiger partial charge in [-0.05, 0) is 37.1 Å². The van der Waals surface area contributed by atoms with E-state index in [1.807, 2.05) is 41.3 Å². The molecule has 2 aliphatic rings. The maximum absolute atomic E-state index is 12.4. The Kier molecular flexibility index (Phi) is 5.11. The molecule has 0 N–H and O–H groups in total. The summed E-state index contributed by atoms with van der Waals surface area (Å²) in [6.45, 7) is 5.80. The first-order valence-electron chi connectivity index (χ1n) is 9.39. The predicted octanol–water partition coefficient (Wildman–Crippen LogP) is 2.04. The maximum Gasteiger partial charge on any atom is 0.227 e. The first-order chi connectivity index (χ1) is 12.8. The normalized spacial score (nSPS) is 21.8. The molecule has 0 saturated carbocycles. The molecule has 0 aliphatic carbocycles. The quantitative estimate of drug-likeness (QED) is 0.844. The summed E-state index contributed by atoms with van der Waals surface area (Å²) in [7, 11) is 0. The summed E-state index contributed by atoms with van der Waals surface area (Å²) in [5, 5.41) is 0. The minimum atomic E-state index is 0.246. The van der Waals surface area contributed by atoms with Crippen molar-refractivity contribution in [3.63, 3.8) is 0 Å². The molecular formula is C20H25N5O. The summed E-state index contributed by atoms with van der Waals surface area (Å²) in [5.74, 6) is 1.47. The lowest BCUT2D eigenvalue weighted by Gasteiger charge is -2.24. The van der Waals surface area contributed by atoms with E-state index >= 15 is 0 Å². The van der Waals surface area contributed by atoms with Crippen LogP contribution in [0.15, 0.2) is 48.8 Å². The van der Waals surface area contributed by atoms with Crippen molar-refractivity contribution < 1.29 is 4.79 Å². The van der Waals surface area contributed by atoms with Crippen LogP contribution in [-0.4, -0.2) is 60.0 Å². The number of rotatable bonds is 4. The van der Waals surface area contributed by atoms with E-state index in [1.165, 1.54) is 0 Å². The zero-order valence-electron chi connectivity index (χ0n) is 15.0. The largest absolute Gasteiger partial charge is 0.339 e. The standard InChI is InChI=1S/C20H25N5O/c26-19-14-17(16-25(19)18-6-2-1-3-7-18)15-23-10-5-11-24(13-12-23)20-21-8-4-9-22-20/h1-4,6-9,17H,5,10-16H2/t17-/m0/s1. The van der Waals surface area contributed by atoms with Gasteiger partial charge in [-0.3, -0.25) is 4.79 Å². The van der Waals surface area contributed by atoms with Gasteiger partial charge in [-0.15, -0.1) is 0 Å². The minimum absolute atomic E-state index is 0.246. The van der Waals surface area contributed by atoms with E-state index in [0.717, 1.165) is 57.3 Å². The van der Waals surface area contributed by atoms with Crippen molar-refractivity contribution in [1.82, 2.24) is 14.9 Å². The summed E-state index contributed by atoms with van der Waals surface area (Å²) >= 11 is 0. The lowest BCUT2D eigenvalue weighted by atomic mass is 10.1. The first-order valence-corrected chi connectivity index (χ1v) is 9.39. The average Bonchev–Trinajstić information content (AvgIpc) is 2.89. The molecule has 1 atom stereocenters. The number of aromatic nitrogens is 2. The molecule has 2 aromatic rings. The summed E-state index contributed by atoms with van der Waals surface area (Å²) in [6.07, 6.45) is 5.35. The topological polar surface area (TPSA) is 52.6 Å². The molecule has 26 heavy (non-hydrogen) atoms. The molecule has 1 amide bonds. The number of amides is 1. The average molecular weight is 351 g/mol. The second-order valence-corrected chi connectivity index (χ2v) is 7.10. The molecule has 0 bridgehead atoms. The summed E-state index contributed by atoms with van der Waals surface area (Å²) in [5.41, 5.74) is 1.02. The number of hydrogen-bond acceptors (Lipinski definition) is 5. The van der Waals surface area contributed by atoms with Crippen LogP contribution in [-0.2, 0) is 4.79 Å². The fraction of sp³-hybridized carbons (Fsp3) is 0.450. The monoisotopic (exact) mass is 351 g/mol. The van der Waals surface area contributed by atoms with Gasteiger partial charge in [-0.1, -0.05) is 18.2 Å². The Morgan fingerprint density at radius 3 is 2.58 bits per heavy atom. The van der Waals surface area contributed by atoms with Crippen LogP contribution in [0.5, 0.6) is 0 Å². The van der Waals surface area contributed by atoms with E-state index in [2.05, 4.69) is 19.8 Å².